The van der Waals surface area contributed by atoms with Crippen LogP contribution in [0.4, 0.5) is 5.69 Å². The molecule has 1 amide bonds. The third-order valence-corrected chi connectivity index (χ3v) is 9.40. The van der Waals surface area contributed by atoms with Crippen molar-refractivity contribution in [3.05, 3.63) is 70.5 Å². The fraction of sp³-hybridized carbons (Fsp3) is 0.536. The molecule has 3 aliphatic carbocycles. The second kappa shape index (κ2) is 6.91. The normalized spacial score (nSPS) is 39.0. The van der Waals surface area contributed by atoms with E-state index in [2.05, 4.69) is 30.5 Å². The van der Waals surface area contributed by atoms with Crippen LogP contribution in [0.1, 0.15) is 51.9 Å². The summed E-state index contributed by atoms with van der Waals surface area (Å²) in [7, 11) is 3.54. The summed E-state index contributed by atoms with van der Waals surface area (Å²) in [4.78, 5) is 13.3. The van der Waals surface area contributed by atoms with Crippen LogP contribution in [0.25, 0.3) is 0 Å². The van der Waals surface area contributed by atoms with Crippen LogP contribution in [0.3, 0.4) is 0 Å². The molecule has 1 saturated heterocycles. The number of carbonyl (C=O) groups is 1. The molecule has 5 heteroatoms. The third-order valence-electron chi connectivity index (χ3n) is 9.40. The maximum atomic E-state index is 13.3. The summed E-state index contributed by atoms with van der Waals surface area (Å²) in [6.45, 7) is 2.25. The van der Waals surface area contributed by atoms with Crippen molar-refractivity contribution in [2.45, 2.75) is 69.1 Å². The number of hydrogen-bond acceptors (Lipinski definition) is 3. The lowest BCUT2D eigenvalue weighted by Gasteiger charge is -2.55. The zero-order valence-electron chi connectivity index (χ0n) is 19.9. The summed E-state index contributed by atoms with van der Waals surface area (Å²) < 4.78 is 6.93. The highest BCUT2D eigenvalue weighted by molar-refractivity contribution is 6.05. The molecule has 5 nitrogen and oxygen atoms in total. The SMILES string of the molecule is C[C@]12CC=C3C=C4CC[C@H]([N+](C)(C)[O-])C[C@]45CCC3(O5)[C@@H]1CC=C2C(=O)Nc1ccccc1. The maximum absolute atomic E-state index is 13.3. The maximum Gasteiger partial charge on any atom is 0.251 e. The number of allylic oxidation sites excluding steroid dienone is 2. The molecule has 1 aromatic carbocycles. The van der Waals surface area contributed by atoms with E-state index in [0.717, 1.165) is 56.2 Å². The molecule has 0 radical (unpaired) electrons. The van der Waals surface area contributed by atoms with Crippen molar-refractivity contribution >= 4 is 11.6 Å². The number of nitrogens with one attached hydrogen (secondary N) is 1. The van der Waals surface area contributed by atoms with E-state index in [1.807, 2.05) is 30.3 Å². The Bertz CT molecular complexity index is 1100. The number of quaternary nitrogens is 1. The number of hydroxylamine groups is 3. The first-order chi connectivity index (χ1) is 15.7. The summed E-state index contributed by atoms with van der Waals surface area (Å²) in [6.07, 6.45) is 13.3. The second-order valence-corrected chi connectivity index (χ2v) is 11.5. The minimum absolute atomic E-state index is 0.00216. The molecule has 6 rings (SSSR count). The average Bonchev–Trinajstić information content (AvgIpc) is 3.29. The summed E-state index contributed by atoms with van der Waals surface area (Å²) in [6, 6.07) is 9.76. The van der Waals surface area contributed by atoms with Gasteiger partial charge in [-0.15, -0.1) is 0 Å². The number of nitrogens with zero attached hydrogens (tertiary/aromatic N) is 1. The van der Waals surface area contributed by atoms with E-state index < -0.39 is 0 Å². The van der Waals surface area contributed by atoms with Gasteiger partial charge in [0.25, 0.3) is 5.91 Å². The van der Waals surface area contributed by atoms with E-state index >= 15 is 0 Å². The Kier molecular flexibility index (Phi) is 4.46. The Morgan fingerprint density at radius 3 is 2.73 bits per heavy atom. The second-order valence-electron chi connectivity index (χ2n) is 11.5. The number of benzene rings is 1. The van der Waals surface area contributed by atoms with Gasteiger partial charge in [-0.2, -0.15) is 0 Å². The summed E-state index contributed by atoms with van der Waals surface area (Å²) in [5.74, 6) is 0.246. The molecule has 5 aliphatic rings. The number of rotatable bonds is 3. The predicted molar refractivity (Wildman–Crippen MR) is 129 cm³/mol. The van der Waals surface area contributed by atoms with Crippen LogP contribution in [0, 0.1) is 16.5 Å². The molecular weight excluding hydrogens is 412 g/mol. The minimum Gasteiger partial charge on any atom is -0.633 e. The number of carbonyl (C=O) groups excluding carboxylic acids is 1. The van der Waals surface area contributed by atoms with Gasteiger partial charge in [0.15, 0.2) is 0 Å². The highest BCUT2D eigenvalue weighted by atomic mass is 16.5. The van der Waals surface area contributed by atoms with E-state index in [1.165, 1.54) is 11.1 Å². The topological polar surface area (TPSA) is 61.4 Å². The van der Waals surface area contributed by atoms with Crippen LogP contribution in [-0.4, -0.2) is 41.9 Å². The molecular formula is C28H34N2O3. The number of ether oxygens (including phenoxy) is 1. The molecule has 2 fully saturated rings. The lowest BCUT2D eigenvalue weighted by Crippen LogP contribution is -2.57. The average molecular weight is 447 g/mol. The van der Waals surface area contributed by atoms with Gasteiger partial charge in [0, 0.05) is 35.4 Å². The molecule has 0 aromatic heterocycles. The van der Waals surface area contributed by atoms with Crippen molar-refractivity contribution in [3.63, 3.8) is 0 Å². The summed E-state index contributed by atoms with van der Waals surface area (Å²) in [5, 5.41) is 15.9. The Hall–Kier alpha value is -2.21. The fourth-order valence-corrected chi connectivity index (χ4v) is 7.57. The van der Waals surface area contributed by atoms with Crippen molar-refractivity contribution in [1.82, 2.24) is 0 Å². The van der Waals surface area contributed by atoms with E-state index in [0.29, 0.717) is 0 Å². The molecule has 1 unspecified atom stereocenters. The quantitative estimate of drug-likeness (QED) is 0.509. The van der Waals surface area contributed by atoms with Gasteiger partial charge in [-0.1, -0.05) is 43.4 Å². The van der Waals surface area contributed by atoms with Crippen LogP contribution in [0.5, 0.6) is 0 Å². The van der Waals surface area contributed by atoms with E-state index in [1.54, 1.807) is 14.1 Å². The van der Waals surface area contributed by atoms with Crippen molar-refractivity contribution in [1.29, 1.82) is 0 Å². The molecule has 1 saturated carbocycles. The molecule has 1 aromatic rings. The van der Waals surface area contributed by atoms with E-state index in [4.69, 9.17) is 4.74 Å². The van der Waals surface area contributed by atoms with Crippen LogP contribution in [0.15, 0.2) is 65.3 Å². The molecule has 1 N–H and O–H groups in total. The zero-order chi connectivity index (χ0) is 23.1. The Morgan fingerprint density at radius 2 is 1.97 bits per heavy atom. The van der Waals surface area contributed by atoms with Crippen molar-refractivity contribution in [2.24, 2.45) is 11.3 Å². The molecule has 174 valence electrons. The van der Waals surface area contributed by atoms with Crippen LogP contribution < -0.4 is 5.32 Å². The largest absolute Gasteiger partial charge is 0.633 e. The first kappa shape index (κ1) is 21.3. The number of fused-ring (bicyclic) bond motifs is 1. The Labute approximate surface area is 196 Å². The van der Waals surface area contributed by atoms with Gasteiger partial charge in [-0.3, -0.25) is 4.79 Å². The number of hydrogen-bond donors (Lipinski definition) is 1. The number of para-hydroxylation sites is 1. The highest BCUT2D eigenvalue weighted by Gasteiger charge is 2.66. The van der Waals surface area contributed by atoms with Gasteiger partial charge in [0.2, 0.25) is 0 Å². The third kappa shape index (κ3) is 2.99. The minimum atomic E-state index is -0.344. The van der Waals surface area contributed by atoms with Crippen molar-refractivity contribution in [2.75, 3.05) is 19.4 Å². The van der Waals surface area contributed by atoms with Crippen molar-refractivity contribution in [3.8, 4) is 0 Å². The van der Waals surface area contributed by atoms with Gasteiger partial charge < -0.3 is 19.9 Å². The predicted octanol–water partition coefficient (Wildman–Crippen LogP) is 5.26. The van der Waals surface area contributed by atoms with Gasteiger partial charge in [-0.25, -0.2) is 0 Å². The van der Waals surface area contributed by atoms with Crippen molar-refractivity contribution < 1.29 is 14.2 Å². The molecule has 2 bridgehead atoms. The summed E-state index contributed by atoms with van der Waals surface area (Å²) >= 11 is 0. The van der Waals surface area contributed by atoms with Gasteiger partial charge in [0.05, 0.1) is 31.3 Å². The molecule has 2 spiro atoms. The lowest BCUT2D eigenvalue weighted by molar-refractivity contribution is -0.869. The number of anilines is 1. The monoisotopic (exact) mass is 446 g/mol. The zero-order valence-corrected chi connectivity index (χ0v) is 19.9. The highest BCUT2D eigenvalue weighted by Crippen LogP contribution is 2.66. The van der Waals surface area contributed by atoms with Crippen LogP contribution in [0.2, 0.25) is 0 Å². The molecule has 5 atom stereocenters. The number of amides is 1. The first-order valence-electron chi connectivity index (χ1n) is 12.4. The Balaban J connectivity index is 1.32. The van der Waals surface area contributed by atoms with Gasteiger partial charge in [0.1, 0.15) is 0 Å². The summed E-state index contributed by atoms with van der Waals surface area (Å²) in [5.41, 5.74) is 3.54. The molecule has 2 aliphatic heterocycles. The van der Waals surface area contributed by atoms with E-state index in [9.17, 15) is 10.0 Å². The van der Waals surface area contributed by atoms with Crippen LogP contribution >= 0.6 is 0 Å². The van der Waals surface area contributed by atoms with Gasteiger partial charge in [-0.05, 0) is 55.4 Å². The van der Waals surface area contributed by atoms with E-state index in [-0.39, 0.29) is 39.1 Å². The Morgan fingerprint density at radius 1 is 1.18 bits per heavy atom. The molecule has 33 heavy (non-hydrogen) atoms. The first-order valence-corrected chi connectivity index (χ1v) is 12.4. The van der Waals surface area contributed by atoms with Crippen LogP contribution in [-0.2, 0) is 9.53 Å². The fourth-order valence-electron chi connectivity index (χ4n) is 7.57. The molecule has 2 heterocycles. The lowest BCUT2D eigenvalue weighted by atomic mass is 9.59. The standard InChI is InChI=1S/C28H34N2O3/c1-26-14-13-20-17-19-9-10-22(30(2,3)32)18-27(19)15-16-28(20,33-27)24(26)12-11-23(26)25(31)29-21-7-5-4-6-8-21/h4-8,11,13,17,22,24H,9-10,12,14-16,18H2,1-3H3,(H,29,31)/t22-,24+,26+,27+,28?/m0/s1. The van der Waals surface area contributed by atoms with Gasteiger partial charge >= 0.3 is 0 Å². The smallest absolute Gasteiger partial charge is 0.251 e.